The summed E-state index contributed by atoms with van der Waals surface area (Å²) in [6.07, 6.45) is 2.59. The fourth-order valence-corrected chi connectivity index (χ4v) is 2.45. The molecule has 2 rings (SSSR count). The van der Waals surface area contributed by atoms with Crippen LogP contribution in [0.2, 0.25) is 0 Å². The largest absolute Gasteiger partial charge is 0.361 e. The van der Waals surface area contributed by atoms with E-state index in [0.29, 0.717) is 13.0 Å². The van der Waals surface area contributed by atoms with Gasteiger partial charge in [0.2, 0.25) is 11.8 Å². The summed E-state index contributed by atoms with van der Waals surface area (Å²) in [5.41, 5.74) is 8.01. The highest BCUT2D eigenvalue weighted by Gasteiger charge is 2.16. The number of fused-ring (bicyclic) bond motifs is 1. The Morgan fingerprint density at radius 3 is 2.74 bits per heavy atom. The first-order chi connectivity index (χ1) is 11.0. The number of benzene rings is 1. The Morgan fingerprint density at radius 2 is 2.00 bits per heavy atom. The highest BCUT2D eigenvalue weighted by molar-refractivity contribution is 5.86. The Bertz CT molecular complexity index is 678. The number of hydrogen-bond acceptors (Lipinski definition) is 3. The zero-order valence-electron chi connectivity index (χ0n) is 13.6. The zero-order valence-corrected chi connectivity index (χ0v) is 13.6. The van der Waals surface area contributed by atoms with Crippen molar-refractivity contribution in [2.24, 2.45) is 5.73 Å². The van der Waals surface area contributed by atoms with Crippen LogP contribution in [-0.4, -0.2) is 35.4 Å². The van der Waals surface area contributed by atoms with Gasteiger partial charge in [-0.2, -0.15) is 0 Å². The molecule has 6 nitrogen and oxygen atoms in total. The normalized spacial score (nSPS) is 12.3. The third-order valence-corrected chi connectivity index (χ3v) is 3.55. The summed E-state index contributed by atoms with van der Waals surface area (Å²) in [4.78, 5) is 26.7. The summed E-state index contributed by atoms with van der Waals surface area (Å²) in [6, 6.07) is 7.36. The van der Waals surface area contributed by atoms with Crippen LogP contribution in [0.25, 0.3) is 10.9 Å². The molecule has 1 aromatic heterocycles. The lowest BCUT2D eigenvalue weighted by Crippen LogP contribution is -2.43. The predicted octanol–water partition coefficient (Wildman–Crippen LogP) is 1.07. The molecule has 0 saturated carbocycles. The van der Waals surface area contributed by atoms with E-state index in [2.05, 4.69) is 15.6 Å². The van der Waals surface area contributed by atoms with Crippen molar-refractivity contribution >= 4 is 22.7 Å². The van der Waals surface area contributed by atoms with Gasteiger partial charge in [-0.1, -0.05) is 18.2 Å². The third-order valence-electron chi connectivity index (χ3n) is 3.55. The quantitative estimate of drug-likeness (QED) is 0.614. The Labute approximate surface area is 135 Å². The Balaban J connectivity index is 1.82. The summed E-state index contributed by atoms with van der Waals surface area (Å²) in [6.45, 7) is 4.08. The van der Waals surface area contributed by atoms with Gasteiger partial charge in [-0.15, -0.1) is 0 Å². The van der Waals surface area contributed by atoms with Crippen LogP contribution >= 0.6 is 0 Å². The molecule has 6 heteroatoms. The van der Waals surface area contributed by atoms with Gasteiger partial charge in [-0.25, -0.2) is 0 Å². The number of amides is 2. The van der Waals surface area contributed by atoms with Gasteiger partial charge in [0.25, 0.3) is 0 Å². The standard InChI is InChI=1S/C17H24N4O2/c1-11(2)21-16(22)7-8-19-17(23)14(18)9-12-10-20-15-6-4-3-5-13(12)15/h3-6,10-11,14,20H,7-9,18H2,1-2H3,(H,19,23)(H,21,22)/t14-/m0/s1. The molecule has 0 fully saturated rings. The van der Waals surface area contributed by atoms with Gasteiger partial charge in [0.15, 0.2) is 0 Å². The lowest BCUT2D eigenvalue weighted by atomic mass is 10.1. The fraction of sp³-hybridized carbons (Fsp3) is 0.412. The number of carbonyl (C=O) groups is 2. The number of nitrogens with one attached hydrogen (secondary N) is 3. The van der Waals surface area contributed by atoms with Gasteiger partial charge in [0.05, 0.1) is 6.04 Å². The molecular weight excluding hydrogens is 292 g/mol. The summed E-state index contributed by atoms with van der Waals surface area (Å²) < 4.78 is 0. The maximum Gasteiger partial charge on any atom is 0.237 e. The van der Waals surface area contributed by atoms with Gasteiger partial charge in [0, 0.05) is 36.1 Å². The van der Waals surface area contributed by atoms with Gasteiger partial charge in [-0.3, -0.25) is 9.59 Å². The molecule has 0 aliphatic rings. The van der Waals surface area contributed by atoms with E-state index in [1.54, 1.807) is 0 Å². The van der Waals surface area contributed by atoms with E-state index in [1.165, 1.54) is 0 Å². The van der Waals surface area contributed by atoms with Crippen molar-refractivity contribution in [3.63, 3.8) is 0 Å². The number of aromatic nitrogens is 1. The Hall–Kier alpha value is -2.34. The van der Waals surface area contributed by atoms with E-state index < -0.39 is 6.04 Å². The molecule has 0 radical (unpaired) electrons. The zero-order chi connectivity index (χ0) is 16.8. The monoisotopic (exact) mass is 316 g/mol. The lowest BCUT2D eigenvalue weighted by Gasteiger charge is -2.12. The smallest absolute Gasteiger partial charge is 0.237 e. The second-order valence-corrected chi connectivity index (χ2v) is 5.93. The molecule has 0 saturated heterocycles. The minimum Gasteiger partial charge on any atom is -0.361 e. The van der Waals surface area contributed by atoms with Crippen molar-refractivity contribution in [1.29, 1.82) is 0 Å². The van der Waals surface area contributed by atoms with Gasteiger partial charge in [-0.05, 0) is 31.9 Å². The number of rotatable bonds is 7. The third kappa shape index (κ3) is 4.82. The van der Waals surface area contributed by atoms with E-state index in [1.807, 2.05) is 44.3 Å². The number of H-pyrrole nitrogens is 1. The Kier molecular flexibility index (Phi) is 5.76. The van der Waals surface area contributed by atoms with Crippen LogP contribution in [0, 0.1) is 0 Å². The van der Waals surface area contributed by atoms with E-state index in [9.17, 15) is 9.59 Å². The average Bonchev–Trinajstić information content (AvgIpc) is 2.89. The highest BCUT2D eigenvalue weighted by atomic mass is 16.2. The summed E-state index contributed by atoms with van der Waals surface area (Å²) in [5, 5.41) is 6.56. The van der Waals surface area contributed by atoms with Gasteiger partial charge in [0.1, 0.15) is 0 Å². The molecule has 2 aromatic rings. The van der Waals surface area contributed by atoms with Crippen molar-refractivity contribution in [2.75, 3.05) is 6.54 Å². The minimum atomic E-state index is -0.637. The molecule has 1 heterocycles. The van der Waals surface area contributed by atoms with Crippen LogP contribution in [0.15, 0.2) is 30.5 Å². The first kappa shape index (κ1) is 17.0. The predicted molar refractivity (Wildman–Crippen MR) is 90.9 cm³/mol. The molecule has 23 heavy (non-hydrogen) atoms. The van der Waals surface area contributed by atoms with E-state index in [-0.39, 0.29) is 24.3 Å². The summed E-state index contributed by atoms with van der Waals surface area (Å²) in [5.74, 6) is -0.321. The van der Waals surface area contributed by atoms with Crippen LogP contribution in [0.4, 0.5) is 0 Å². The van der Waals surface area contributed by atoms with Crippen LogP contribution in [0.1, 0.15) is 25.8 Å². The van der Waals surface area contributed by atoms with Crippen molar-refractivity contribution in [2.45, 2.75) is 38.8 Å². The molecule has 0 bridgehead atoms. The fourth-order valence-electron chi connectivity index (χ4n) is 2.45. The molecule has 0 unspecified atom stereocenters. The molecular formula is C17H24N4O2. The van der Waals surface area contributed by atoms with Gasteiger partial charge >= 0.3 is 0 Å². The van der Waals surface area contributed by atoms with E-state index in [4.69, 9.17) is 5.73 Å². The van der Waals surface area contributed by atoms with Crippen LogP contribution in [0.3, 0.4) is 0 Å². The number of aromatic amines is 1. The van der Waals surface area contributed by atoms with Gasteiger partial charge < -0.3 is 21.4 Å². The van der Waals surface area contributed by atoms with E-state index >= 15 is 0 Å². The SMILES string of the molecule is CC(C)NC(=O)CCNC(=O)[C@@H](N)Cc1c[nH]c2ccccc12. The second-order valence-electron chi connectivity index (χ2n) is 5.93. The number of carbonyl (C=O) groups excluding carboxylic acids is 2. The molecule has 0 aliphatic carbocycles. The van der Waals surface area contributed by atoms with Crippen LogP contribution < -0.4 is 16.4 Å². The Morgan fingerprint density at radius 1 is 1.26 bits per heavy atom. The second kappa shape index (κ2) is 7.78. The molecule has 124 valence electrons. The first-order valence-corrected chi connectivity index (χ1v) is 7.85. The molecule has 5 N–H and O–H groups in total. The minimum absolute atomic E-state index is 0.0782. The maximum atomic E-state index is 12.0. The van der Waals surface area contributed by atoms with Crippen molar-refractivity contribution in [3.05, 3.63) is 36.0 Å². The first-order valence-electron chi connectivity index (χ1n) is 7.85. The maximum absolute atomic E-state index is 12.0. The molecule has 2 amide bonds. The summed E-state index contributed by atoms with van der Waals surface area (Å²) in [7, 11) is 0. The lowest BCUT2D eigenvalue weighted by molar-refractivity contribution is -0.123. The molecule has 0 aliphatic heterocycles. The molecule has 1 aromatic carbocycles. The number of para-hydroxylation sites is 1. The van der Waals surface area contributed by atoms with Crippen molar-refractivity contribution in [3.8, 4) is 0 Å². The molecule has 0 spiro atoms. The number of nitrogens with two attached hydrogens (primary N) is 1. The van der Waals surface area contributed by atoms with Crippen molar-refractivity contribution < 1.29 is 9.59 Å². The van der Waals surface area contributed by atoms with Crippen LogP contribution in [-0.2, 0) is 16.0 Å². The average molecular weight is 316 g/mol. The molecule has 1 atom stereocenters. The van der Waals surface area contributed by atoms with Crippen LogP contribution in [0.5, 0.6) is 0 Å². The van der Waals surface area contributed by atoms with Crippen molar-refractivity contribution in [1.82, 2.24) is 15.6 Å². The summed E-state index contributed by atoms with van der Waals surface area (Å²) >= 11 is 0. The number of hydrogen-bond donors (Lipinski definition) is 4. The topological polar surface area (TPSA) is 100 Å². The van der Waals surface area contributed by atoms with E-state index in [0.717, 1.165) is 16.5 Å². The highest BCUT2D eigenvalue weighted by Crippen LogP contribution is 2.18.